The van der Waals surface area contributed by atoms with Gasteiger partial charge in [-0.15, -0.1) is 11.3 Å². The van der Waals surface area contributed by atoms with Gasteiger partial charge in [-0.1, -0.05) is 5.16 Å². The first-order chi connectivity index (χ1) is 8.15. The molecule has 17 heavy (non-hydrogen) atoms. The summed E-state index contributed by atoms with van der Waals surface area (Å²) < 4.78 is 4.82. The second-order valence-corrected chi connectivity index (χ2v) is 4.25. The Labute approximate surface area is 101 Å². The van der Waals surface area contributed by atoms with E-state index in [0.717, 1.165) is 0 Å². The van der Waals surface area contributed by atoms with Gasteiger partial charge in [0.05, 0.1) is 6.54 Å². The predicted molar refractivity (Wildman–Crippen MR) is 61.6 cm³/mol. The van der Waals surface area contributed by atoms with Crippen molar-refractivity contribution in [2.24, 2.45) is 0 Å². The van der Waals surface area contributed by atoms with Gasteiger partial charge in [0.25, 0.3) is 0 Å². The number of carbonyl (C=O) groups is 1. The quantitative estimate of drug-likeness (QED) is 0.896. The molecule has 0 atom stereocenters. The van der Waals surface area contributed by atoms with Crippen molar-refractivity contribution in [3.63, 3.8) is 0 Å². The molecule has 0 aliphatic rings. The maximum Gasteiger partial charge on any atom is 0.323 e. The first-order valence-electron chi connectivity index (χ1n) is 4.86. The Morgan fingerprint density at radius 2 is 2.47 bits per heavy atom. The predicted octanol–water partition coefficient (Wildman–Crippen LogP) is 1.50. The molecule has 0 saturated carbocycles. The molecule has 0 aliphatic heterocycles. The molecule has 0 spiro atoms. The molecule has 2 rings (SSSR count). The van der Waals surface area contributed by atoms with E-state index >= 15 is 0 Å². The molecule has 90 valence electrons. The van der Waals surface area contributed by atoms with Crippen LogP contribution in [0.25, 0.3) is 0 Å². The lowest BCUT2D eigenvalue weighted by atomic mass is 10.5. The third-order valence-corrected chi connectivity index (χ3v) is 2.63. The first kappa shape index (κ1) is 11.5. The Kier molecular flexibility index (Phi) is 3.33. The number of thiazole rings is 1. The molecule has 7 nitrogen and oxygen atoms in total. The molecule has 0 aliphatic carbocycles. The number of carbonyl (C=O) groups excluding carboxylic acids is 1. The smallest absolute Gasteiger partial charge is 0.323 e. The van der Waals surface area contributed by atoms with Gasteiger partial charge in [0.15, 0.2) is 11.0 Å². The van der Waals surface area contributed by atoms with Gasteiger partial charge in [0.1, 0.15) is 0 Å². The van der Waals surface area contributed by atoms with Gasteiger partial charge in [0, 0.05) is 25.5 Å². The average Bonchev–Trinajstić information content (AvgIpc) is 2.90. The van der Waals surface area contributed by atoms with Crippen molar-refractivity contribution in [1.29, 1.82) is 0 Å². The minimum absolute atomic E-state index is 0.262. The highest BCUT2D eigenvalue weighted by Gasteiger charge is 2.13. The maximum absolute atomic E-state index is 11.7. The van der Waals surface area contributed by atoms with Crippen LogP contribution in [-0.2, 0) is 6.54 Å². The van der Waals surface area contributed by atoms with E-state index in [1.807, 2.05) is 0 Å². The number of aromatic nitrogens is 3. The average molecular weight is 253 g/mol. The fourth-order valence-corrected chi connectivity index (χ4v) is 1.68. The molecule has 1 N–H and O–H groups in total. The zero-order valence-corrected chi connectivity index (χ0v) is 10.2. The zero-order chi connectivity index (χ0) is 12.3. The van der Waals surface area contributed by atoms with E-state index < -0.39 is 0 Å². The number of nitrogens with one attached hydrogen (secondary N) is 1. The van der Waals surface area contributed by atoms with Crippen LogP contribution in [0.15, 0.2) is 16.1 Å². The van der Waals surface area contributed by atoms with E-state index in [0.29, 0.717) is 16.8 Å². The summed E-state index contributed by atoms with van der Waals surface area (Å²) in [5.41, 5.74) is 0. The minimum Gasteiger partial charge on any atom is -0.340 e. The number of urea groups is 1. The van der Waals surface area contributed by atoms with E-state index in [4.69, 9.17) is 4.52 Å². The Hall–Kier alpha value is -1.96. The second kappa shape index (κ2) is 4.91. The molecule has 0 radical (unpaired) electrons. The topological polar surface area (TPSA) is 84.2 Å². The third kappa shape index (κ3) is 3.00. The molecule has 2 heterocycles. The Balaban J connectivity index is 1.91. The minimum atomic E-state index is -0.262. The molecule has 8 heteroatoms. The number of anilines is 1. The standard InChI is InChI=1S/C9H11N5O2S/c1-6-11-7(13-16-6)5-14(2)9(15)12-8-10-3-4-17-8/h3-4H,5H2,1-2H3,(H,10,12,15). The summed E-state index contributed by atoms with van der Waals surface area (Å²) in [4.78, 5) is 21.1. The van der Waals surface area contributed by atoms with Crippen LogP contribution in [0.5, 0.6) is 0 Å². The van der Waals surface area contributed by atoms with Crippen molar-refractivity contribution < 1.29 is 9.32 Å². The van der Waals surface area contributed by atoms with Crippen molar-refractivity contribution in [3.8, 4) is 0 Å². The molecule has 0 bridgehead atoms. The normalized spacial score (nSPS) is 10.2. The van der Waals surface area contributed by atoms with Crippen LogP contribution >= 0.6 is 11.3 Å². The van der Waals surface area contributed by atoms with Crippen molar-refractivity contribution in [3.05, 3.63) is 23.3 Å². The van der Waals surface area contributed by atoms with Crippen molar-refractivity contribution >= 4 is 22.5 Å². The van der Waals surface area contributed by atoms with Gasteiger partial charge in [-0.2, -0.15) is 4.98 Å². The highest BCUT2D eigenvalue weighted by Crippen LogP contribution is 2.11. The highest BCUT2D eigenvalue weighted by atomic mass is 32.1. The summed E-state index contributed by atoms with van der Waals surface area (Å²) >= 11 is 1.36. The zero-order valence-electron chi connectivity index (χ0n) is 9.38. The van der Waals surface area contributed by atoms with Crippen LogP contribution in [0.3, 0.4) is 0 Å². The molecule has 0 fully saturated rings. The summed E-state index contributed by atoms with van der Waals surface area (Å²) in [5, 5.41) is 8.72. The number of amides is 2. The Morgan fingerprint density at radius 3 is 3.06 bits per heavy atom. The first-order valence-corrected chi connectivity index (χ1v) is 5.74. The molecule has 0 saturated heterocycles. The molecule has 0 unspecified atom stereocenters. The van der Waals surface area contributed by atoms with Gasteiger partial charge in [-0.3, -0.25) is 5.32 Å². The maximum atomic E-state index is 11.7. The van der Waals surface area contributed by atoms with Crippen molar-refractivity contribution in [1.82, 2.24) is 20.0 Å². The SMILES string of the molecule is Cc1nc(CN(C)C(=O)Nc2nccs2)no1. The van der Waals surface area contributed by atoms with Crippen molar-refractivity contribution in [2.75, 3.05) is 12.4 Å². The Bertz CT molecular complexity index is 495. The van der Waals surface area contributed by atoms with Crippen molar-refractivity contribution in [2.45, 2.75) is 13.5 Å². The van der Waals surface area contributed by atoms with Crippen LogP contribution in [0.4, 0.5) is 9.93 Å². The highest BCUT2D eigenvalue weighted by molar-refractivity contribution is 7.13. The summed E-state index contributed by atoms with van der Waals surface area (Å²) in [5.74, 6) is 0.952. The largest absolute Gasteiger partial charge is 0.340 e. The molecular weight excluding hydrogens is 242 g/mol. The van der Waals surface area contributed by atoms with Crippen LogP contribution in [0.1, 0.15) is 11.7 Å². The lowest BCUT2D eigenvalue weighted by molar-refractivity contribution is 0.219. The van der Waals surface area contributed by atoms with Gasteiger partial charge < -0.3 is 9.42 Å². The number of hydrogen-bond acceptors (Lipinski definition) is 6. The van der Waals surface area contributed by atoms with E-state index in [-0.39, 0.29) is 12.6 Å². The molecule has 2 aromatic heterocycles. The van der Waals surface area contributed by atoms with Gasteiger partial charge in [0.2, 0.25) is 5.89 Å². The fraction of sp³-hybridized carbons (Fsp3) is 0.333. The monoisotopic (exact) mass is 253 g/mol. The van der Waals surface area contributed by atoms with E-state index in [1.165, 1.54) is 16.2 Å². The lowest BCUT2D eigenvalue weighted by Gasteiger charge is -2.14. The van der Waals surface area contributed by atoms with Crippen LogP contribution < -0.4 is 5.32 Å². The van der Waals surface area contributed by atoms with Crippen LogP contribution in [0.2, 0.25) is 0 Å². The molecular formula is C9H11N5O2S. The summed E-state index contributed by atoms with van der Waals surface area (Å²) in [6, 6.07) is -0.262. The second-order valence-electron chi connectivity index (χ2n) is 3.35. The summed E-state index contributed by atoms with van der Waals surface area (Å²) in [6.07, 6.45) is 1.63. The number of hydrogen-bond donors (Lipinski definition) is 1. The molecule has 2 amide bonds. The fourth-order valence-electron chi connectivity index (χ4n) is 1.16. The lowest BCUT2D eigenvalue weighted by Crippen LogP contribution is -2.31. The Morgan fingerprint density at radius 1 is 1.65 bits per heavy atom. The van der Waals surface area contributed by atoms with E-state index in [1.54, 1.807) is 25.5 Å². The van der Waals surface area contributed by atoms with Gasteiger partial charge >= 0.3 is 6.03 Å². The summed E-state index contributed by atoms with van der Waals surface area (Å²) in [6.45, 7) is 1.99. The number of nitrogens with zero attached hydrogens (tertiary/aromatic N) is 4. The van der Waals surface area contributed by atoms with Crippen LogP contribution in [-0.4, -0.2) is 33.1 Å². The number of aryl methyl sites for hydroxylation is 1. The summed E-state index contributed by atoms with van der Waals surface area (Å²) in [7, 11) is 1.65. The van der Waals surface area contributed by atoms with Crippen LogP contribution in [0, 0.1) is 6.92 Å². The number of rotatable bonds is 3. The molecule has 0 aromatic carbocycles. The molecule has 2 aromatic rings. The van der Waals surface area contributed by atoms with E-state index in [2.05, 4.69) is 20.4 Å². The van der Waals surface area contributed by atoms with Gasteiger partial charge in [-0.05, 0) is 0 Å². The van der Waals surface area contributed by atoms with E-state index in [9.17, 15) is 4.79 Å². The van der Waals surface area contributed by atoms with Gasteiger partial charge in [-0.25, -0.2) is 9.78 Å². The third-order valence-electron chi connectivity index (χ3n) is 1.94.